The molecule has 0 aromatic heterocycles. The molecule has 0 spiro atoms. The van der Waals surface area contributed by atoms with Crippen molar-refractivity contribution in [1.29, 1.82) is 0 Å². The highest BCUT2D eigenvalue weighted by atomic mass is 16.3. The Morgan fingerprint density at radius 2 is 1.69 bits per heavy atom. The van der Waals surface area contributed by atoms with Crippen molar-refractivity contribution in [3.8, 4) is 0 Å². The summed E-state index contributed by atoms with van der Waals surface area (Å²) >= 11 is 0. The second kappa shape index (κ2) is 4.87. The van der Waals surface area contributed by atoms with Crippen molar-refractivity contribution in [2.75, 3.05) is 13.2 Å². The minimum atomic E-state index is -0.701. The van der Waals surface area contributed by atoms with Crippen molar-refractivity contribution < 1.29 is 14.7 Å². The van der Waals surface area contributed by atoms with Gasteiger partial charge in [-0.25, -0.2) is 0 Å². The molecule has 1 unspecified atom stereocenters. The van der Waals surface area contributed by atoms with E-state index in [-0.39, 0.29) is 24.3 Å². The van der Waals surface area contributed by atoms with Crippen molar-refractivity contribution in [3.05, 3.63) is 36.5 Å². The number of nitrogens with two attached hydrogens (primary N) is 1. The lowest BCUT2D eigenvalue weighted by Crippen LogP contribution is -2.47. The predicted octanol–water partition coefficient (Wildman–Crippen LogP) is -0.657. The van der Waals surface area contributed by atoms with Crippen molar-refractivity contribution in [3.63, 3.8) is 0 Å². The molecule has 1 atom stereocenters. The molecule has 16 heavy (non-hydrogen) atoms. The topological polar surface area (TPSA) is 83.6 Å². The highest BCUT2D eigenvalue weighted by Gasteiger charge is 2.38. The van der Waals surface area contributed by atoms with E-state index >= 15 is 0 Å². The van der Waals surface area contributed by atoms with Gasteiger partial charge in [-0.2, -0.15) is 0 Å². The Hall–Kier alpha value is -1.72. The second-order valence-corrected chi connectivity index (χ2v) is 3.29. The average molecular weight is 222 g/mol. The zero-order valence-electron chi connectivity index (χ0n) is 8.85. The summed E-state index contributed by atoms with van der Waals surface area (Å²) in [4.78, 5) is 24.6. The normalized spacial score (nSPS) is 18.0. The van der Waals surface area contributed by atoms with Crippen LogP contribution < -0.4 is 5.73 Å². The van der Waals surface area contributed by atoms with E-state index in [2.05, 4.69) is 13.2 Å². The largest absolute Gasteiger partial charge is 0.394 e. The first-order valence-electron chi connectivity index (χ1n) is 4.80. The summed E-state index contributed by atoms with van der Waals surface area (Å²) in [6.07, 6.45) is 2.62. The van der Waals surface area contributed by atoms with E-state index in [0.29, 0.717) is 0 Å². The minimum absolute atomic E-state index is 0.0167. The highest BCUT2D eigenvalue weighted by Crippen LogP contribution is 2.23. The molecule has 1 rings (SSSR count). The SMILES string of the molecule is C=CC1=C(C=C)C(=O)N(C(CN)CO)C1=O. The molecule has 0 bridgehead atoms. The Kier molecular flexibility index (Phi) is 3.76. The number of amides is 2. The molecule has 0 fully saturated rings. The molecule has 1 heterocycles. The first-order valence-corrected chi connectivity index (χ1v) is 4.80. The molecule has 5 heteroatoms. The van der Waals surface area contributed by atoms with Crippen LogP contribution in [0.4, 0.5) is 0 Å². The van der Waals surface area contributed by atoms with Gasteiger partial charge in [0.2, 0.25) is 0 Å². The van der Waals surface area contributed by atoms with Gasteiger partial charge in [0.25, 0.3) is 11.8 Å². The molecule has 5 nitrogen and oxygen atoms in total. The maximum absolute atomic E-state index is 11.8. The zero-order valence-corrected chi connectivity index (χ0v) is 8.85. The predicted molar refractivity (Wildman–Crippen MR) is 59.2 cm³/mol. The lowest BCUT2D eigenvalue weighted by Gasteiger charge is -2.23. The third-order valence-corrected chi connectivity index (χ3v) is 2.44. The number of aliphatic hydroxyl groups is 1. The summed E-state index contributed by atoms with van der Waals surface area (Å²) in [5, 5.41) is 9.04. The van der Waals surface area contributed by atoms with Gasteiger partial charge in [-0.1, -0.05) is 25.3 Å². The average Bonchev–Trinajstić information content (AvgIpc) is 2.53. The molecule has 86 valence electrons. The van der Waals surface area contributed by atoms with Crippen molar-refractivity contribution >= 4 is 11.8 Å². The number of nitrogens with zero attached hydrogens (tertiary/aromatic N) is 1. The van der Waals surface area contributed by atoms with E-state index in [1.165, 1.54) is 12.2 Å². The van der Waals surface area contributed by atoms with E-state index in [0.717, 1.165) is 4.90 Å². The van der Waals surface area contributed by atoms with Gasteiger partial charge in [0, 0.05) is 6.54 Å². The van der Waals surface area contributed by atoms with Gasteiger partial charge in [-0.05, 0) is 0 Å². The molecule has 0 aromatic rings. The summed E-state index contributed by atoms with van der Waals surface area (Å²) in [6, 6.07) is -0.701. The number of carbonyl (C=O) groups excluding carboxylic acids is 2. The minimum Gasteiger partial charge on any atom is -0.394 e. The van der Waals surface area contributed by atoms with Crippen molar-refractivity contribution in [2.24, 2.45) is 5.73 Å². The second-order valence-electron chi connectivity index (χ2n) is 3.29. The molecule has 2 amide bonds. The van der Waals surface area contributed by atoms with Gasteiger partial charge in [0.05, 0.1) is 23.8 Å². The molecule has 1 aliphatic heterocycles. The molecule has 0 radical (unpaired) electrons. The van der Waals surface area contributed by atoms with Gasteiger partial charge < -0.3 is 10.8 Å². The number of aliphatic hydroxyl groups excluding tert-OH is 1. The zero-order chi connectivity index (χ0) is 12.3. The fourth-order valence-corrected chi connectivity index (χ4v) is 1.57. The fourth-order valence-electron chi connectivity index (χ4n) is 1.57. The third kappa shape index (κ3) is 1.70. The molecule has 3 N–H and O–H groups in total. The summed E-state index contributed by atoms with van der Waals surface area (Å²) in [5.74, 6) is -0.973. The molecular formula is C11H14N2O3. The number of imide groups is 1. The fraction of sp³-hybridized carbons (Fsp3) is 0.273. The standard InChI is InChI=1S/C11H14N2O3/c1-3-8-9(4-2)11(16)13(10(8)15)7(5-12)6-14/h3-4,7,14H,1-2,5-6,12H2. The van der Waals surface area contributed by atoms with Gasteiger partial charge in [-0.15, -0.1) is 0 Å². The van der Waals surface area contributed by atoms with Crippen LogP contribution >= 0.6 is 0 Å². The lowest BCUT2D eigenvalue weighted by atomic mass is 10.1. The summed E-state index contributed by atoms with van der Waals surface area (Å²) in [6.45, 7) is 6.60. The van der Waals surface area contributed by atoms with Crippen molar-refractivity contribution in [1.82, 2.24) is 4.90 Å². The van der Waals surface area contributed by atoms with Gasteiger partial charge >= 0.3 is 0 Å². The Morgan fingerprint density at radius 3 is 1.94 bits per heavy atom. The first-order chi connectivity index (χ1) is 7.62. The maximum atomic E-state index is 11.8. The van der Waals surface area contributed by atoms with Gasteiger partial charge in [0.15, 0.2) is 0 Å². The van der Waals surface area contributed by atoms with E-state index in [9.17, 15) is 9.59 Å². The van der Waals surface area contributed by atoms with Gasteiger partial charge in [-0.3, -0.25) is 14.5 Å². The van der Waals surface area contributed by atoms with E-state index in [4.69, 9.17) is 10.8 Å². The smallest absolute Gasteiger partial charge is 0.261 e. The quantitative estimate of drug-likeness (QED) is 0.605. The monoisotopic (exact) mass is 222 g/mol. The van der Waals surface area contributed by atoms with Crippen LogP contribution in [0.3, 0.4) is 0 Å². The lowest BCUT2D eigenvalue weighted by molar-refractivity contribution is -0.140. The van der Waals surface area contributed by atoms with Crippen LogP contribution in [0.2, 0.25) is 0 Å². The Morgan fingerprint density at radius 1 is 1.25 bits per heavy atom. The highest BCUT2D eigenvalue weighted by molar-refractivity contribution is 6.22. The third-order valence-electron chi connectivity index (χ3n) is 2.44. The summed E-state index contributed by atoms with van der Waals surface area (Å²) in [5.41, 5.74) is 5.79. The van der Waals surface area contributed by atoms with Crippen LogP contribution in [0.1, 0.15) is 0 Å². The summed E-state index contributed by atoms with van der Waals surface area (Å²) < 4.78 is 0. The van der Waals surface area contributed by atoms with E-state index in [1.54, 1.807) is 0 Å². The molecule has 0 aromatic carbocycles. The molecular weight excluding hydrogens is 208 g/mol. The van der Waals surface area contributed by atoms with Crippen LogP contribution in [0.15, 0.2) is 36.5 Å². The molecule has 0 saturated carbocycles. The van der Waals surface area contributed by atoms with Crippen LogP contribution in [-0.4, -0.2) is 41.0 Å². The van der Waals surface area contributed by atoms with Crippen LogP contribution in [0.5, 0.6) is 0 Å². The molecule has 0 aliphatic carbocycles. The van der Waals surface area contributed by atoms with Crippen LogP contribution in [-0.2, 0) is 9.59 Å². The van der Waals surface area contributed by atoms with E-state index in [1.807, 2.05) is 0 Å². The van der Waals surface area contributed by atoms with Crippen molar-refractivity contribution in [2.45, 2.75) is 6.04 Å². The number of rotatable bonds is 5. The Bertz CT molecular complexity index is 351. The number of hydrogen-bond donors (Lipinski definition) is 2. The first kappa shape index (κ1) is 12.4. The summed E-state index contributed by atoms with van der Waals surface area (Å²) in [7, 11) is 0. The van der Waals surface area contributed by atoms with Crippen LogP contribution in [0.25, 0.3) is 0 Å². The number of hydrogen-bond acceptors (Lipinski definition) is 4. The van der Waals surface area contributed by atoms with Crippen LogP contribution in [0, 0.1) is 0 Å². The molecule has 1 aliphatic rings. The number of carbonyl (C=O) groups is 2. The Balaban J connectivity index is 3.14. The maximum Gasteiger partial charge on any atom is 0.261 e. The van der Waals surface area contributed by atoms with E-state index < -0.39 is 17.9 Å². The Labute approximate surface area is 93.5 Å². The van der Waals surface area contributed by atoms with Gasteiger partial charge in [0.1, 0.15) is 0 Å². The molecule has 0 saturated heterocycles.